The molecule has 0 bridgehead atoms. The van der Waals surface area contributed by atoms with E-state index < -0.39 is 0 Å². The number of hydrogen-bond acceptors (Lipinski definition) is 2. The zero-order valence-corrected chi connectivity index (χ0v) is 2.94. The van der Waals surface area contributed by atoms with Crippen molar-refractivity contribution >= 4 is 0 Å². The van der Waals surface area contributed by atoms with Crippen molar-refractivity contribution < 1.29 is 5.21 Å². The van der Waals surface area contributed by atoms with Crippen molar-refractivity contribution in [3.05, 3.63) is 12.7 Å². The Balaban J connectivity index is 2.40. The molecule has 2 N–H and O–H groups in total. The van der Waals surface area contributed by atoms with Crippen LogP contribution in [-0.2, 0) is 0 Å². The fraction of sp³-hybridized carbons (Fsp3) is 0.333. The summed E-state index contributed by atoms with van der Waals surface area (Å²) < 4.78 is 0. The fourth-order valence-corrected chi connectivity index (χ4v) is 0.0645. The molecule has 0 saturated heterocycles. The van der Waals surface area contributed by atoms with Gasteiger partial charge in [0.15, 0.2) is 0 Å². The van der Waals surface area contributed by atoms with Gasteiger partial charge in [-0.1, -0.05) is 6.08 Å². The SMILES string of the molecule is C=CCNO. The molecule has 0 aromatic heterocycles. The summed E-state index contributed by atoms with van der Waals surface area (Å²) in [5.74, 6) is 0. The lowest BCUT2D eigenvalue weighted by atomic mass is 10.7. The van der Waals surface area contributed by atoms with Crippen molar-refractivity contribution in [3.8, 4) is 0 Å². The quantitative estimate of drug-likeness (QED) is 0.360. The Bertz CT molecular complexity index is 28.1. The van der Waals surface area contributed by atoms with Gasteiger partial charge in [-0.3, -0.25) is 0 Å². The Kier molecular flexibility index (Phi) is 3.41. The maximum atomic E-state index is 7.74. The van der Waals surface area contributed by atoms with Gasteiger partial charge in [0, 0.05) is 6.54 Å². The van der Waals surface area contributed by atoms with Crippen LogP contribution in [0.15, 0.2) is 12.7 Å². The van der Waals surface area contributed by atoms with E-state index in [2.05, 4.69) is 6.58 Å². The molecule has 30 valence electrons. The van der Waals surface area contributed by atoms with Gasteiger partial charge in [-0.2, -0.15) is 0 Å². The summed E-state index contributed by atoms with van der Waals surface area (Å²) in [4.78, 5) is 0. The second-order valence-electron chi connectivity index (χ2n) is 0.651. The predicted octanol–water partition coefficient (Wildman–Crippen LogP) is 0.151. The molecule has 0 spiro atoms. The van der Waals surface area contributed by atoms with Crippen LogP contribution in [0.4, 0.5) is 0 Å². The summed E-state index contributed by atoms with van der Waals surface area (Å²) >= 11 is 0. The molecule has 2 nitrogen and oxygen atoms in total. The van der Waals surface area contributed by atoms with E-state index in [1.54, 1.807) is 6.08 Å². The molecular formula is C3H7NO. The first-order valence-corrected chi connectivity index (χ1v) is 1.39. The van der Waals surface area contributed by atoms with Crippen LogP contribution in [-0.4, -0.2) is 11.8 Å². The number of nitrogens with one attached hydrogen (secondary N) is 1. The molecule has 0 aliphatic carbocycles. The molecule has 2 heteroatoms. The Hall–Kier alpha value is -0.340. The average Bonchev–Trinajstić information content (AvgIpc) is 1.41. The largest absolute Gasteiger partial charge is 0.317 e. The summed E-state index contributed by atoms with van der Waals surface area (Å²) in [5, 5.41) is 7.74. The Morgan fingerprint density at radius 3 is 2.60 bits per heavy atom. The third kappa shape index (κ3) is 3.66. The van der Waals surface area contributed by atoms with Crippen molar-refractivity contribution in [1.82, 2.24) is 5.48 Å². The molecule has 0 radical (unpaired) electrons. The minimum absolute atomic E-state index is 0.458. The summed E-state index contributed by atoms with van der Waals surface area (Å²) in [6.07, 6.45) is 1.57. The first-order chi connectivity index (χ1) is 2.41. The van der Waals surface area contributed by atoms with Crippen LogP contribution in [0.5, 0.6) is 0 Å². The zero-order chi connectivity index (χ0) is 4.12. The molecule has 5 heavy (non-hydrogen) atoms. The summed E-state index contributed by atoms with van der Waals surface area (Å²) in [6.45, 7) is 3.79. The van der Waals surface area contributed by atoms with Gasteiger partial charge in [-0.05, 0) is 0 Å². The molecule has 0 unspecified atom stereocenters. The second-order valence-corrected chi connectivity index (χ2v) is 0.651. The van der Waals surface area contributed by atoms with Gasteiger partial charge >= 0.3 is 0 Å². The van der Waals surface area contributed by atoms with Gasteiger partial charge in [0.1, 0.15) is 0 Å². The summed E-state index contributed by atoms with van der Waals surface area (Å²) in [6, 6.07) is 0. The van der Waals surface area contributed by atoms with Crippen molar-refractivity contribution in [2.24, 2.45) is 0 Å². The van der Waals surface area contributed by atoms with E-state index in [-0.39, 0.29) is 0 Å². The standard InChI is InChI=1S/C3H7NO/c1-2-3-4-5/h2,4-5H,1,3H2. The van der Waals surface area contributed by atoms with Gasteiger partial charge in [0.05, 0.1) is 0 Å². The van der Waals surface area contributed by atoms with Crippen LogP contribution in [0.3, 0.4) is 0 Å². The molecule has 0 heterocycles. The highest BCUT2D eigenvalue weighted by Gasteiger charge is 1.58. The van der Waals surface area contributed by atoms with Crippen molar-refractivity contribution in [2.75, 3.05) is 6.54 Å². The minimum atomic E-state index is 0.458. The van der Waals surface area contributed by atoms with Crippen LogP contribution >= 0.6 is 0 Å². The molecule has 0 amide bonds. The van der Waals surface area contributed by atoms with E-state index in [9.17, 15) is 0 Å². The lowest BCUT2D eigenvalue weighted by Gasteiger charge is -1.78. The van der Waals surface area contributed by atoms with Crippen LogP contribution in [0.1, 0.15) is 0 Å². The van der Waals surface area contributed by atoms with Crippen molar-refractivity contribution in [2.45, 2.75) is 0 Å². The van der Waals surface area contributed by atoms with Gasteiger partial charge in [-0.25, -0.2) is 5.48 Å². The Morgan fingerprint density at radius 2 is 2.60 bits per heavy atom. The summed E-state index contributed by atoms with van der Waals surface area (Å²) in [5.41, 5.74) is 1.90. The van der Waals surface area contributed by atoms with Crippen LogP contribution in [0.2, 0.25) is 0 Å². The number of rotatable bonds is 2. The molecule has 0 rings (SSSR count). The van der Waals surface area contributed by atoms with Crippen molar-refractivity contribution in [3.63, 3.8) is 0 Å². The normalized spacial score (nSPS) is 7.40. The highest BCUT2D eigenvalue weighted by molar-refractivity contribution is 4.65. The van der Waals surface area contributed by atoms with Gasteiger partial charge < -0.3 is 5.21 Å². The van der Waals surface area contributed by atoms with Gasteiger partial charge in [-0.15, -0.1) is 6.58 Å². The number of hydroxylamine groups is 1. The van der Waals surface area contributed by atoms with E-state index >= 15 is 0 Å². The Morgan fingerprint density at radius 1 is 2.00 bits per heavy atom. The van der Waals surface area contributed by atoms with Crippen LogP contribution in [0.25, 0.3) is 0 Å². The van der Waals surface area contributed by atoms with Gasteiger partial charge in [0.25, 0.3) is 0 Å². The smallest absolute Gasteiger partial charge is 0.0385 e. The van der Waals surface area contributed by atoms with E-state index in [0.29, 0.717) is 6.54 Å². The molecule has 0 atom stereocenters. The first-order valence-electron chi connectivity index (χ1n) is 1.39. The molecule has 0 aromatic carbocycles. The molecule has 0 aliphatic heterocycles. The maximum Gasteiger partial charge on any atom is 0.0385 e. The Labute approximate surface area is 31.1 Å². The van der Waals surface area contributed by atoms with Crippen LogP contribution in [0, 0.1) is 0 Å². The average molecular weight is 73.1 g/mol. The van der Waals surface area contributed by atoms with E-state index in [1.807, 2.05) is 5.48 Å². The predicted molar refractivity (Wildman–Crippen MR) is 20.0 cm³/mol. The molecule has 0 saturated carbocycles. The number of hydrogen-bond donors (Lipinski definition) is 2. The highest BCUT2D eigenvalue weighted by atomic mass is 16.5. The fourth-order valence-electron chi connectivity index (χ4n) is 0.0645. The van der Waals surface area contributed by atoms with E-state index in [1.165, 1.54) is 0 Å². The highest BCUT2D eigenvalue weighted by Crippen LogP contribution is 1.48. The summed E-state index contributed by atoms with van der Waals surface area (Å²) in [7, 11) is 0. The third-order valence-corrected chi connectivity index (χ3v) is 0.236. The van der Waals surface area contributed by atoms with Gasteiger partial charge in [0.2, 0.25) is 0 Å². The van der Waals surface area contributed by atoms with Crippen LogP contribution < -0.4 is 5.48 Å². The van der Waals surface area contributed by atoms with Crippen molar-refractivity contribution in [1.29, 1.82) is 0 Å². The van der Waals surface area contributed by atoms with E-state index in [0.717, 1.165) is 0 Å². The molecule has 0 fully saturated rings. The molecule has 0 aromatic rings. The first kappa shape index (κ1) is 4.66. The third-order valence-electron chi connectivity index (χ3n) is 0.236. The van der Waals surface area contributed by atoms with E-state index in [4.69, 9.17) is 5.21 Å². The second kappa shape index (κ2) is 3.66. The lowest BCUT2D eigenvalue weighted by molar-refractivity contribution is 0.180. The lowest BCUT2D eigenvalue weighted by Crippen LogP contribution is -2.04. The maximum absolute atomic E-state index is 7.74. The minimum Gasteiger partial charge on any atom is -0.317 e. The molecular weight excluding hydrogens is 66.0 g/mol. The topological polar surface area (TPSA) is 32.3 Å². The monoisotopic (exact) mass is 73.1 g/mol. The zero-order valence-electron chi connectivity index (χ0n) is 2.94. The molecule has 0 aliphatic rings.